The van der Waals surface area contributed by atoms with Crippen molar-refractivity contribution in [1.82, 2.24) is 5.32 Å². The van der Waals surface area contributed by atoms with Crippen LogP contribution in [-0.2, 0) is 11.2 Å². The number of amides is 1. The van der Waals surface area contributed by atoms with Gasteiger partial charge in [-0.15, -0.1) is 0 Å². The van der Waals surface area contributed by atoms with E-state index in [-0.39, 0.29) is 12.5 Å². The van der Waals surface area contributed by atoms with Gasteiger partial charge in [0.05, 0.1) is 11.6 Å². The van der Waals surface area contributed by atoms with Crippen molar-refractivity contribution in [1.29, 1.82) is 0 Å². The Morgan fingerprint density at radius 1 is 1.50 bits per heavy atom. The summed E-state index contributed by atoms with van der Waals surface area (Å²) in [6.07, 6.45) is 1.87. The van der Waals surface area contributed by atoms with Crippen molar-refractivity contribution in [3.8, 4) is 5.75 Å². The second kappa shape index (κ2) is 8.97. The van der Waals surface area contributed by atoms with Crippen molar-refractivity contribution in [2.45, 2.75) is 26.2 Å². The van der Waals surface area contributed by atoms with Crippen molar-refractivity contribution in [2.75, 3.05) is 20.3 Å². The first-order chi connectivity index (χ1) is 9.56. The minimum absolute atomic E-state index is 0.0433. The molecule has 0 heterocycles. The number of ether oxygens (including phenoxy) is 1. The first kappa shape index (κ1) is 17.0. The summed E-state index contributed by atoms with van der Waals surface area (Å²) in [6, 6.07) is 5.83. The number of hydrogen-bond donors (Lipinski definition) is 2. The Morgan fingerprint density at radius 2 is 2.25 bits per heavy atom. The van der Waals surface area contributed by atoms with Crippen molar-refractivity contribution in [3.63, 3.8) is 0 Å². The maximum absolute atomic E-state index is 11.7. The molecule has 0 saturated carbocycles. The normalized spacial score (nSPS) is 12.0. The maximum Gasteiger partial charge on any atom is 0.220 e. The number of methoxy groups -OCH3 is 1. The van der Waals surface area contributed by atoms with E-state index in [4.69, 9.17) is 9.84 Å². The van der Waals surface area contributed by atoms with E-state index in [0.717, 1.165) is 15.8 Å². The maximum atomic E-state index is 11.7. The Kier molecular flexibility index (Phi) is 7.62. The second-order valence-electron chi connectivity index (χ2n) is 4.89. The zero-order valence-electron chi connectivity index (χ0n) is 12.0. The Hall–Kier alpha value is -1.07. The van der Waals surface area contributed by atoms with Crippen LogP contribution in [0, 0.1) is 5.92 Å². The van der Waals surface area contributed by atoms with Crippen LogP contribution in [0.4, 0.5) is 0 Å². The first-order valence-corrected chi connectivity index (χ1v) is 7.56. The molecule has 1 rings (SSSR count). The molecule has 4 nitrogen and oxygen atoms in total. The molecule has 0 aliphatic rings. The van der Waals surface area contributed by atoms with Gasteiger partial charge >= 0.3 is 0 Å². The van der Waals surface area contributed by atoms with Gasteiger partial charge in [-0.1, -0.05) is 13.0 Å². The number of hydrogen-bond acceptors (Lipinski definition) is 3. The molecule has 112 valence electrons. The molecular weight excluding hydrogens is 322 g/mol. The summed E-state index contributed by atoms with van der Waals surface area (Å²) in [5.74, 6) is 1.14. The van der Waals surface area contributed by atoms with E-state index in [0.29, 0.717) is 31.7 Å². The molecule has 0 fully saturated rings. The summed E-state index contributed by atoms with van der Waals surface area (Å²) < 4.78 is 6.06. The SMILES string of the molecule is COc1ccc(CCC(=O)NCC(C)CCO)cc1Br. The summed E-state index contributed by atoms with van der Waals surface area (Å²) in [7, 11) is 1.63. The van der Waals surface area contributed by atoms with Gasteiger partial charge in [0, 0.05) is 19.6 Å². The van der Waals surface area contributed by atoms with Crippen LogP contribution in [0.3, 0.4) is 0 Å². The Balaban J connectivity index is 2.35. The molecule has 0 aliphatic carbocycles. The lowest BCUT2D eigenvalue weighted by Crippen LogP contribution is -2.28. The largest absolute Gasteiger partial charge is 0.496 e. The van der Waals surface area contributed by atoms with Crippen molar-refractivity contribution in [2.24, 2.45) is 5.92 Å². The number of nitrogens with one attached hydrogen (secondary N) is 1. The lowest BCUT2D eigenvalue weighted by Gasteiger charge is -2.11. The molecule has 1 aromatic rings. The van der Waals surface area contributed by atoms with Crippen LogP contribution in [0.25, 0.3) is 0 Å². The molecule has 0 spiro atoms. The lowest BCUT2D eigenvalue weighted by atomic mass is 10.1. The summed E-state index contributed by atoms with van der Waals surface area (Å²) in [5, 5.41) is 11.7. The van der Waals surface area contributed by atoms with E-state index < -0.39 is 0 Å². The van der Waals surface area contributed by atoms with Gasteiger partial charge in [0.25, 0.3) is 0 Å². The van der Waals surface area contributed by atoms with E-state index in [1.807, 2.05) is 25.1 Å². The monoisotopic (exact) mass is 343 g/mol. The number of carbonyl (C=O) groups is 1. The summed E-state index contributed by atoms with van der Waals surface area (Å²) in [4.78, 5) is 11.7. The molecule has 0 saturated heterocycles. The highest BCUT2D eigenvalue weighted by Gasteiger charge is 2.07. The fourth-order valence-corrected chi connectivity index (χ4v) is 2.41. The van der Waals surface area contributed by atoms with Gasteiger partial charge in [-0.3, -0.25) is 4.79 Å². The van der Waals surface area contributed by atoms with Crippen LogP contribution >= 0.6 is 15.9 Å². The van der Waals surface area contributed by atoms with Gasteiger partial charge in [-0.25, -0.2) is 0 Å². The molecule has 2 N–H and O–H groups in total. The average molecular weight is 344 g/mol. The lowest BCUT2D eigenvalue weighted by molar-refractivity contribution is -0.121. The molecule has 20 heavy (non-hydrogen) atoms. The minimum Gasteiger partial charge on any atom is -0.496 e. The van der Waals surface area contributed by atoms with Gasteiger partial charge < -0.3 is 15.2 Å². The first-order valence-electron chi connectivity index (χ1n) is 6.76. The molecule has 1 amide bonds. The molecule has 1 aromatic carbocycles. The molecule has 0 radical (unpaired) electrons. The van der Waals surface area contributed by atoms with Gasteiger partial charge in [0.15, 0.2) is 0 Å². The second-order valence-corrected chi connectivity index (χ2v) is 5.74. The highest BCUT2D eigenvalue weighted by Crippen LogP contribution is 2.25. The van der Waals surface area contributed by atoms with Crippen molar-refractivity contribution in [3.05, 3.63) is 28.2 Å². The number of carbonyl (C=O) groups excluding carboxylic acids is 1. The number of benzene rings is 1. The van der Waals surface area contributed by atoms with E-state index in [1.54, 1.807) is 7.11 Å². The number of aliphatic hydroxyl groups is 1. The highest BCUT2D eigenvalue weighted by molar-refractivity contribution is 9.10. The van der Waals surface area contributed by atoms with E-state index in [2.05, 4.69) is 21.2 Å². The molecule has 0 bridgehead atoms. The molecule has 0 aromatic heterocycles. The van der Waals surface area contributed by atoms with E-state index in [1.165, 1.54) is 0 Å². The van der Waals surface area contributed by atoms with Crippen molar-refractivity contribution >= 4 is 21.8 Å². The Morgan fingerprint density at radius 3 is 2.85 bits per heavy atom. The summed E-state index contributed by atoms with van der Waals surface area (Å²) in [6.45, 7) is 2.79. The van der Waals surface area contributed by atoms with Crippen LogP contribution in [-0.4, -0.2) is 31.3 Å². The van der Waals surface area contributed by atoms with Crippen LogP contribution in [0.1, 0.15) is 25.3 Å². The number of aliphatic hydroxyl groups excluding tert-OH is 1. The molecule has 1 atom stereocenters. The third kappa shape index (κ3) is 5.92. The van der Waals surface area contributed by atoms with Crippen molar-refractivity contribution < 1.29 is 14.6 Å². The third-order valence-electron chi connectivity index (χ3n) is 3.13. The third-order valence-corrected chi connectivity index (χ3v) is 3.75. The topological polar surface area (TPSA) is 58.6 Å². The minimum atomic E-state index is 0.0433. The zero-order valence-corrected chi connectivity index (χ0v) is 13.6. The van der Waals surface area contributed by atoms with Crippen LogP contribution in [0.5, 0.6) is 5.75 Å². The van der Waals surface area contributed by atoms with Crippen LogP contribution in [0.15, 0.2) is 22.7 Å². The molecule has 0 aliphatic heterocycles. The standard InChI is InChI=1S/C15H22BrNO3/c1-11(7-8-18)10-17-15(19)6-4-12-3-5-14(20-2)13(16)9-12/h3,5,9,11,18H,4,6-8,10H2,1-2H3,(H,17,19). The number of aryl methyl sites for hydroxylation is 1. The zero-order chi connectivity index (χ0) is 15.0. The Bertz CT molecular complexity index is 437. The molecule has 1 unspecified atom stereocenters. The van der Waals surface area contributed by atoms with Gasteiger partial charge in [-0.2, -0.15) is 0 Å². The fourth-order valence-electron chi connectivity index (χ4n) is 1.82. The summed E-state index contributed by atoms with van der Waals surface area (Å²) in [5.41, 5.74) is 1.09. The van der Waals surface area contributed by atoms with Gasteiger partial charge in [-0.05, 0) is 52.4 Å². The van der Waals surface area contributed by atoms with Gasteiger partial charge in [0.2, 0.25) is 5.91 Å². The molecule has 5 heteroatoms. The fraction of sp³-hybridized carbons (Fsp3) is 0.533. The predicted octanol–water partition coefficient (Wildman–Crippen LogP) is 2.53. The smallest absolute Gasteiger partial charge is 0.220 e. The Labute approximate surface area is 128 Å². The quantitative estimate of drug-likeness (QED) is 0.762. The average Bonchev–Trinajstić information content (AvgIpc) is 2.43. The number of rotatable bonds is 8. The number of halogens is 1. The van der Waals surface area contributed by atoms with E-state index >= 15 is 0 Å². The van der Waals surface area contributed by atoms with Crippen LogP contribution in [0.2, 0.25) is 0 Å². The predicted molar refractivity (Wildman–Crippen MR) is 82.9 cm³/mol. The summed E-state index contributed by atoms with van der Waals surface area (Å²) >= 11 is 3.43. The van der Waals surface area contributed by atoms with Crippen LogP contribution < -0.4 is 10.1 Å². The molecular formula is C15H22BrNO3. The van der Waals surface area contributed by atoms with Gasteiger partial charge in [0.1, 0.15) is 5.75 Å². The van der Waals surface area contributed by atoms with E-state index in [9.17, 15) is 4.79 Å². The highest BCUT2D eigenvalue weighted by atomic mass is 79.9.